The van der Waals surface area contributed by atoms with Crippen molar-refractivity contribution in [3.8, 4) is 39.2 Å². The molecule has 0 fully saturated rings. The number of aromatic nitrogens is 2. The van der Waals surface area contributed by atoms with E-state index >= 15 is 0 Å². The molecule has 0 amide bonds. The third-order valence-corrected chi connectivity index (χ3v) is 7.85. The van der Waals surface area contributed by atoms with Crippen molar-refractivity contribution in [2.45, 2.75) is 11.8 Å². The lowest BCUT2D eigenvalue weighted by atomic mass is 10.2. The van der Waals surface area contributed by atoms with Gasteiger partial charge in [-0.2, -0.15) is 0 Å². The highest BCUT2D eigenvalue weighted by molar-refractivity contribution is 7.92. The third-order valence-electron chi connectivity index (χ3n) is 5.49. The summed E-state index contributed by atoms with van der Waals surface area (Å²) < 4.78 is 47.1. The SMILES string of the molecule is COc1cc(NS(=O)(=O)c2cc(-c3nc(-c4ccccc4)cs3)n(C)c2C)cc(OC)c1OC. The van der Waals surface area contributed by atoms with Gasteiger partial charge in [0.2, 0.25) is 5.75 Å². The zero-order chi connectivity index (χ0) is 24.5. The number of nitrogens with zero attached hydrogens (tertiary/aromatic N) is 2. The van der Waals surface area contributed by atoms with Crippen molar-refractivity contribution in [1.29, 1.82) is 0 Å². The van der Waals surface area contributed by atoms with Gasteiger partial charge in [0.15, 0.2) is 11.5 Å². The zero-order valence-corrected chi connectivity index (χ0v) is 21.1. The van der Waals surface area contributed by atoms with E-state index in [1.807, 2.05) is 47.3 Å². The van der Waals surface area contributed by atoms with Crippen molar-refractivity contribution >= 4 is 27.0 Å². The Hall–Kier alpha value is -3.50. The molecule has 178 valence electrons. The van der Waals surface area contributed by atoms with Crippen molar-refractivity contribution in [3.63, 3.8) is 0 Å². The van der Waals surface area contributed by atoms with Gasteiger partial charge in [0.1, 0.15) is 9.90 Å². The van der Waals surface area contributed by atoms with Gasteiger partial charge in [-0.3, -0.25) is 4.72 Å². The van der Waals surface area contributed by atoms with Crippen LogP contribution in [0, 0.1) is 6.92 Å². The summed E-state index contributed by atoms with van der Waals surface area (Å²) in [4.78, 5) is 4.89. The van der Waals surface area contributed by atoms with Gasteiger partial charge in [-0.05, 0) is 13.0 Å². The molecule has 10 heteroatoms. The average molecular weight is 500 g/mol. The molecule has 0 bridgehead atoms. The molecule has 8 nitrogen and oxygen atoms in total. The van der Waals surface area contributed by atoms with E-state index in [0.29, 0.717) is 28.6 Å². The molecule has 1 N–H and O–H groups in total. The second-order valence-electron chi connectivity index (χ2n) is 7.46. The van der Waals surface area contributed by atoms with Crippen LogP contribution < -0.4 is 18.9 Å². The van der Waals surface area contributed by atoms with Crippen LogP contribution in [0.1, 0.15) is 5.69 Å². The van der Waals surface area contributed by atoms with Crippen LogP contribution in [0.15, 0.2) is 58.8 Å². The Kier molecular flexibility index (Phi) is 6.54. The maximum atomic E-state index is 13.3. The van der Waals surface area contributed by atoms with E-state index < -0.39 is 10.0 Å². The van der Waals surface area contributed by atoms with E-state index in [-0.39, 0.29) is 4.90 Å². The van der Waals surface area contributed by atoms with Crippen LogP contribution in [-0.4, -0.2) is 39.3 Å². The van der Waals surface area contributed by atoms with Crippen LogP contribution in [0.25, 0.3) is 22.0 Å². The molecule has 4 aromatic rings. The number of methoxy groups -OCH3 is 3. The molecule has 2 aromatic carbocycles. The van der Waals surface area contributed by atoms with Crippen molar-refractivity contribution in [2.75, 3.05) is 26.1 Å². The minimum absolute atomic E-state index is 0.162. The second kappa shape index (κ2) is 9.40. The molecular weight excluding hydrogens is 474 g/mol. The molecule has 0 atom stereocenters. The lowest BCUT2D eigenvalue weighted by Crippen LogP contribution is -2.14. The fourth-order valence-electron chi connectivity index (χ4n) is 3.63. The van der Waals surface area contributed by atoms with E-state index in [4.69, 9.17) is 19.2 Å². The predicted molar refractivity (Wildman–Crippen MR) is 134 cm³/mol. The second-order valence-corrected chi connectivity index (χ2v) is 9.97. The maximum Gasteiger partial charge on any atom is 0.263 e. The average Bonchev–Trinajstić information content (AvgIpc) is 3.44. The Morgan fingerprint density at radius 1 is 0.971 bits per heavy atom. The van der Waals surface area contributed by atoms with Crippen LogP contribution in [-0.2, 0) is 17.1 Å². The van der Waals surface area contributed by atoms with Gasteiger partial charge < -0.3 is 18.8 Å². The van der Waals surface area contributed by atoms with Crippen LogP contribution in [0.2, 0.25) is 0 Å². The number of nitrogens with one attached hydrogen (secondary N) is 1. The Morgan fingerprint density at radius 3 is 2.21 bits per heavy atom. The Labute approximate surface area is 202 Å². The molecule has 0 saturated carbocycles. The number of sulfonamides is 1. The molecule has 0 saturated heterocycles. The van der Waals surface area contributed by atoms with Gasteiger partial charge in [0.05, 0.1) is 38.4 Å². The summed E-state index contributed by atoms with van der Waals surface area (Å²) in [6.45, 7) is 1.76. The van der Waals surface area contributed by atoms with Gasteiger partial charge in [0.25, 0.3) is 10.0 Å². The van der Waals surface area contributed by atoms with Crippen molar-refractivity contribution in [2.24, 2.45) is 7.05 Å². The smallest absolute Gasteiger partial charge is 0.263 e. The topological polar surface area (TPSA) is 91.7 Å². The van der Waals surface area contributed by atoms with Gasteiger partial charge in [-0.25, -0.2) is 13.4 Å². The molecular formula is C24H25N3O5S2. The summed E-state index contributed by atoms with van der Waals surface area (Å²) >= 11 is 1.47. The summed E-state index contributed by atoms with van der Waals surface area (Å²) in [5, 5.41) is 2.70. The van der Waals surface area contributed by atoms with Gasteiger partial charge in [0, 0.05) is 35.8 Å². The highest BCUT2D eigenvalue weighted by atomic mass is 32.2. The number of hydrogen-bond acceptors (Lipinski definition) is 7. The van der Waals surface area contributed by atoms with Crippen molar-refractivity contribution in [1.82, 2.24) is 9.55 Å². The lowest BCUT2D eigenvalue weighted by molar-refractivity contribution is 0.325. The Morgan fingerprint density at radius 2 is 1.62 bits per heavy atom. The van der Waals surface area contributed by atoms with Gasteiger partial charge in [-0.15, -0.1) is 11.3 Å². The maximum absolute atomic E-state index is 13.3. The first kappa shape index (κ1) is 23.7. The normalized spacial score (nSPS) is 11.3. The molecule has 0 aliphatic carbocycles. The van der Waals surface area contributed by atoms with Crippen LogP contribution in [0.5, 0.6) is 17.2 Å². The predicted octanol–water partition coefficient (Wildman–Crippen LogP) is 4.95. The molecule has 0 aliphatic heterocycles. The molecule has 0 spiro atoms. The summed E-state index contributed by atoms with van der Waals surface area (Å²) in [6, 6.07) is 14.6. The van der Waals surface area contributed by atoms with Crippen molar-refractivity contribution in [3.05, 3.63) is 59.6 Å². The van der Waals surface area contributed by atoms with Crippen LogP contribution in [0.3, 0.4) is 0 Å². The number of ether oxygens (including phenoxy) is 3. The minimum atomic E-state index is -3.91. The summed E-state index contributed by atoms with van der Waals surface area (Å²) in [6.07, 6.45) is 0. The first-order chi connectivity index (χ1) is 16.3. The van der Waals surface area contributed by atoms with E-state index in [1.54, 1.807) is 25.1 Å². The minimum Gasteiger partial charge on any atom is -0.493 e. The number of rotatable bonds is 8. The van der Waals surface area contributed by atoms with E-state index in [9.17, 15) is 8.42 Å². The third kappa shape index (κ3) is 4.34. The Balaban J connectivity index is 1.70. The monoisotopic (exact) mass is 499 g/mol. The largest absolute Gasteiger partial charge is 0.493 e. The first-order valence-corrected chi connectivity index (χ1v) is 12.7. The summed E-state index contributed by atoms with van der Waals surface area (Å²) in [5.41, 5.74) is 3.45. The number of thiazole rings is 1. The highest BCUT2D eigenvalue weighted by Crippen LogP contribution is 2.41. The van der Waals surface area contributed by atoms with Gasteiger partial charge in [-0.1, -0.05) is 30.3 Å². The number of benzene rings is 2. The number of anilines is 1. The fraction of sp³-hybridized carbons (Fsp3) is 0.208. The molecule has 34 heavy (non-hydrogen) atoms. The fourth-order valence-corrected chi connectivity index (χ4v) is 5.84. The molecule has 0 unspecified atom stereocenters. The molecule has 4 rings (SSSR count). The van der Waals surface area contributed by atoms with E-state index in [2.05, 4.69) is 4.72 Å². The summed E-state index contributed by atoms with van der Waals surface area (Å²) in [5.74, 6) is 1.08. The first-order valence-electron chi connectivity index (χ1n) is 10.3. The standard InChI is InChI=1S/C24H25N3O5S2/c1-15-22(34(28,29)26-17-11-20(30-3)23(32-5)21(12-17)31-4)13-19(27(15)2)24-25-18(14-33-24)16-9-7-6-8-10-16/h6-14,26H,1-5H3. The molecule has 2 heterocycles. The Bertz CT molecular complexity index is 1400. The quantitative estimate of drug-likeness (QED) is 0.369. The van der Waals surface area contributed by atoms with Gasteiger partial charge >= 0.3 is 0 Å². The van der Waals surface area contributed by atoms with Crippen LogP contribution in [0.4, 0.5) is 5.69 Å². The zero-order valence-electron chi connectivity index (χ0n) is 19.4. The van der Waals surface area contributed by atoms with Crippen LogP contribution >= 0.6 is 11.3 Å². The number of hydrogen-bond donors (Lipinski definition) is 1. The molecule has 0 radical (unpaired) electrons. The molecule has 0 aliphatic rings. The summed E-state index contributed by atoms with van der Waals surface area (Å²) in [7, 11) is 2.34. The van der Waals surface area contributed by atoms with E-state index in [0.717, 1.165) is 22.0 Å². The highest BCUT2D eigenvalue weighted by Gasteiger charge is 2.25. The van der Waals surface area contributed by atoms with Crippen molar-refractivity contribution < 1.29 is 22.6 Å². The van der Waals surface area contributed by atoms with E-state index in [1.165, 1.54) is 32.7 Å². The molecule has 2 aromatic heterocycles. The lowest BCUT2D eigenvalue weighted by Gasteiger charge is -2.15.